The second kappa shape index (κ2) is 44.1. The molecule has 0 amide bonds. The summed E-state index contributed by atoms with van der Waals surface area (Å²) in [6.45, 7) is 135. The van der Waals surface area contributed by atoms with E-state index in [4.69, 9.17) is 4.99 Å². The lowest BCUT2D eigenvalue weighted by molar-refractivity contribution is 0.367. The van der Waals surface area contributed by atoms with Crippen molar-refractivity contribution < 1.29 is 0 Å². The number of aliphatic imine (C=N–C) groups is 4. The zero-order chi connectivity index (χ0) is 103. The summed E-state index contributed by atoms with van der Waals surface area (Å²) in [4.78, 5) is 18.3. The van der Waals surface area contributed by atoms with E-state index in [1.165, 1.54) is 85.8 Å². The molecule has 10 nitrogen and oxygen atoms in total. The topological polar surface area (TPSA) is 124 Å². The van der Waals surface area contributed by atoms with Gasteiger partial charge >= 0.3 is 0 Å². The van der Waals surface area contributed by atoms with Crippen LogP contribution in [0.5, 0.6) is 0 Å². The highest BCUT2D eigenvalue weighted by Crippen LogP contribution is 2.48. The molecule has 0 aromatic rings. The van der Waals surface area contributed by atoms with Gasteiger partial charge in [0, 0.05) is 139 Å². The van der Waals surface area contributed by atoms with E-state index in [-0.39, 0.29) is 75.8 Å². The first-order chi connectivity index (χ1) is 57.2. The Morgan fingerprint density at radius 3 is 0.862 bits per heavy atom. The van der Waals surface area contributed by atoms with Gasteiger partial charge in [0.1, 0.15) is 0 Å². The molecular weight excluding hydrogens is 1580 g/mol. The molecule has 130 heavy (non-hydrogen) atoms. The predicted octanol–water partition coefficient (Wildman–Crippen LogP) is 37.6. The second-order valence-corrected chi connectivity index (χ2v) is 58.9. The van der Waals surface area contributed by atoms with Crippen LogP contribution < -0.4 is 0 Å². The molecule has 1 unspecified atom stereocenters. The van der Waals surface area contributed by atoms with E-state index < -0.39 is 0 Å². The summed E-state index contributed by atoms with van der Waals surface area (Å²) in [6.07, 6.45) is 33.2. The Morgan fingerprint density at radius 2 is 0.654 bits per heavy atom. The SMILES string of the molecule is CC(C)(C)C1=C(C(C)(C)C)N=CC1.CC(C)(C)C1=CC(C(C)(C)C)=NC1.CC(C)(C)C1=CC=C(C(C)(C)C)C1.CC(C)(C)C1=CCC(C(C)(C)C)=C1.CC(C)(C)C1=CCC(C(C)(C)C)=N1.CC(C)(C)C1=CCC=C1C(C)(C)C.CC(C)(C)C1=CN=C(C(C)(C)C)C1.CC(C)(C)C1=NN=C(C(C)(C)C)C1.CC(C)(C)C1=NN=C(C(C)(C)C)C1.CC(C)(C)C1=NN=CC1C(C)(C)C. The average molecular weight is 1790 g/mol. The normalized spacial score (nSPS) is 19.1. The van der Waals surface area contributed by atoms with Crippen LogP contribution in [0.1, 0.15) is 467 Å². The van der Waals surface area contributed by atoms with Crippen molar-refractivity contribution in [2.24, 2.45) is 165 Å². The molecule has 0 N–H and O–H groups in total. The van der Waals surface area contributed by atoms with Crippen LogP contribution >= 0.6 is 0 Å². The lowest BCUT2D eigenvalue weighted by Gasteiger charge is -2.31. The van der Waals surface area contributed by atoms with Crippen LogP contribution in [0.25, 0.3) is 0 Å². The third kappa shape index (κ3) is 41.7. The largest absolute Gasteiger partial charge is 0.285 e. The Kier molecular flexibility index (Phi) is 41.4. The molecule has 1 atom stereocenters. The monoisotopic (exact) mass is 1790 g/mol. The minimum Gasteiger partial charge on any atom is -0.285 e. The highest BCUT2D eigenvalue weighted by atomic mass is 15.2. The van der Waals surface area contributed by atoms with Crippen molar-refractivity contribution in [3.63, 3.8) is 0 Å². The Morgan fingerprint density at radius 1 is 0.277 bits per heavy atom. The van der Waals surface area contributed by atoms with Crippen molar-refractivity contribution in [1.29, 1.82) is 0 Å². The molecule has 0 fully saturated rings. The zero-order valence-electron chi connectivity index (χ0n) is 97.3. The minimum atomic E-state index is 0.133. The Labute approximate surface area is 807 Å². The number of allylic oxidation sites excluding steroid dienone is 18. The van der Waals surface area contributed by atoms with Crippen LogP contribution in [0.3, 0.4) is 0 Å². The lowest BCUT2D eigenvalue weighted by Crippen LogP contribution is -2.35. The number of nitrogens with zero attached hydrogens (tertiary/aromatic N) is 10. The maximum Gasteiger partial charge on any atom is 0.0611 e. The van der Waals surface area contributed by atoms with E-state index in [0.29, 0.717) is 38.4 Å². The van der Waals surface area contributed by atoms with Crippen molar-refractivity contribution >= 4 is 58.1 Å². The molecule has 7 heterocycles. The molecule has 740 valence electrons. The minimum absolute atomic E-state index is 0.133. The molecule has 10 rings (SSSR count). The van der Waals surface area contributed by atoms with Crippen molar-refractivity contribution in [1.82, 2.24) is 0 Å². The molecule has 0 aromatic carbocycles. The summed E-state index contributed by atoms with van der Waals surface area (Å²) in [5.74, 6) is 0.396. The fourth-order valence-corrected chi connectivity index (χ4v) is 14.7. The average Bonchev–Trinajstić information content (AvgIpc) is 1.65. The van der Waals surface area contributed by atoms with E-state index in [9.17, 15) is 0 Å². The predicted molar refractivity (Wildman–Crippen MR) is 591 cm³/mol. The van der Waals surface area contributed by atoms with Crippen LogP contribution in [-0.2, 0) is 0 Å². The number of hydrogen-bond donors (Lipinski definition) is 0. The summed E-state index contributed by atoms with van der Waals surface area (Å²) in [5.41, 5.74) is 30.9. The number of hydrogen-bond acceptors (Lipinski definition) is 10. The second-order valence-electron chi connectivity index (χ2n) is 58.9. The number of rotatable bonds is 0. The van der Waals surface area contributed by atoms with E-state index in [0.717, 1.165) is 51.5 Å². The van der Waals surface area contributed by atoms with Crippen molar-refractivity contribution in [3.8, 4) is 0 Å². The first-order valence-electron chi connectivity index (χ1n) is 49.9. The van der Waals surface area contributed by atoms with Gasteiger partial charge < -0.3 is 0 Å². The molecule has 7 aliphatic heterocycles. The van der Waals surface area contributed by atoms with Crippen molar-refractivity contribution in [2.45, 2.75) is 467 Å². The molecule has 0 aromatic heterocycles. The van der Waals surface area contributed by atoms with E-state index in [1.54, 1.807) is 27.9 Å². The molecule has 3 aliphatic carbocycles. The van der Waals surface area contributed by atoms with Gasteiger partial charge in [0.05, 0.1) is 35.1 Å². The summed E-state index contributed by atoms with van der Waals surface area (Å²) in [5, 5.41) is 25.3. The molecule has 0 radical (unpaired) electrons. The molecule has 0 spiro atoms. The Hall–Kier alpha value is -5.90. The zero-order valence-corrected chi connectivity index (χ0v) is 97.3. The van der Waals surface area contributed by atoms with Gasteiger partial charge in [-0.25, -0.2) is 0 Å². The van der Waals surface area contributed by atoms with Gasteiger partial charge in [-0.05, 0) is 113 Å². The van der Waals surface area contributed by atoms with Crippen LogP contribution in [0, 0.1) is 114 Å². The first-order valence-corrected chi connectivity index (χ1v) is 49.9. The van der Waals surface area contributed by atoms with Gasteiger partial charge in [0.15, 0.2) is 0 Å². The van der Waals surface area contributed by atoms with Gasteiger partial charge in [0.25, 0.3) is 0 Å². The van der Waals surface area contributed by atoms with Gasteiger partial charge in [-0.15, -0.1) is 0 Å². The Balaban J connectivity index is 0.000000722. The summed E-state index contributed by atoms with van der Waals surface area (Å²) in [6, 6.07) is 0. The molecule has 10 aliphatic rings. The molecule has 0 saturated carbocycles. The van der Waals surface area contributed by atoms with Crippen molar-refractivity contribution in [3.05, 3.63) is 116 Å². The lowest BCUT2D eigenvalue weighted by atomic mass is 9.71. The van der Waals surface area contributed by atoms with E-state index >= 15 is 0 Å². The molecule has 0 bridgehead atoms. The summed E-state index contributed by atoms with van der Waals surface area (Å²) < 4.78 is 0. The fraction of sp³-hybridized carbons (Fsp3) is 0.750. The third-order valence-electron chi connectivity index (χ3n) is 25.0. The fourth-order valence-electron chi connectivity index (χ4n) is 14.7. The van der Waals surface area contributed by atoms with Crippen LogP contribution in [-0.4, -0.2) is 64.7 Å². The van der Waals surface area contributed by atoms with E-state index in [1.807, 2.05) is 12.4 Å². The molecule has 0 saturated heterocycles. The van der Waals surface area contributed by atoms with Gasteiger partial charge in [-0.3, -0.25) is 20.0 Å². The van der Waals surface area contributed by atoms with Crippen LogP contribution in [0.4, 0.5) is 0 Å². The van der Waals surface area contributed by atoms with E-state index in [2.05, 4.69) is 516 Å². The Bertz CT molecular complexity index is 3960. The van der Waals surface area contributed by atoms with Crippen LogP contribution in [0.15, 0.2) is 167 Å². The highest BCUT2D eigenvalue weighted by Gasteiger charge is 2.40. The maximum absolute atomic E-state index is 4.71. The highest BCUT2D eigenvalue weighted by molar-refractivity contribution is 6.12. The standard InChI is InChI=1S/3C13H22.4C12H21N.3C11H20N2/c2*1-12(2,3)10-7-8-11(9-10)13(4,5)6;1-12(2,3)10-8-7-9-11(10)13(4,5)6;2*1-11(2,3)9-7-10(13-8-9)12(4,5)6;1-11(2,3)9-7-8-13-10(9)12(4,5)6;1-11(2,3)9-7-8-10(13-9)12(4,5)6;1-10(2,3)8-7-12-13-9(8)11(4,5)6;2*1-10(2,3)8-7-9(13-12-8)11(4,5)6/h7,9H,8H2,1-6H3;7-8H,9H2,1-6H3;8-9H,7H2,1-6H3;8H,7H2,1-6H3;7H,8H2,1-6H3;8H,7H2,1-6H3;7H,8H2,1-6H3;7-8H,1-6H3;2*7H2,1-6H3. The van der Waals surface area contributed by atoms with Gasteiger partial charge in [0.2, 0.25) is 0 Å². The third-order valence-corrected chi connectivity index (χ3v) is 25.0. The molecular formula is C120H210N10. The smallest absolute Gasteiger partial charge is 0.0611 e. The van der Waals surface area contributed by atoms with Crippen LogP contribution in [0.2, 0.25) is 0 Å². The summed E-state index contributed by atoms with van der Waals surface area (Å²) in [7, 11) is 0. The maximum atomic E-state index is 4.71. The van der Waals surface area contributed by atoms with Gasteiger partial charge in [-0.1, -0.05) is 475 Å². The van der Waals surface area contributed by atoms with Gasteiger partial charge in [-0.2, -0.15) is 30.6 Å². The van der Waals surface area contributed by atoms with Crippen molar-refractivity contribution in [2.75, 3.05) is 6.54 Å². The summed E-state index contributed by atoms with van der Waals surface area (Å²) >= 11 is 0. The first kappa shape index (κ1) is 122. The molecule has 10 heteroatoms. The quantitative estimate of drug-likeness (QED) is 0.229.